The quantitative estimate of drug-likeness (QED) is 0.722. The molecule has 4 rings (SSSR count). The third-order valence-electron chi connectivity index (χ3n) is 4.74. The van der Waals surface area contributed by atoms with Crippen LogP contribution in [0.5, 0.6) is 0 Å². The fourth-order valence-corrected chi connectivity index (χ4v) is 4.15. The van der Waals surface area contributed by atoms with Gasteiger partial charge in [0.1, 0.15) is 17.9 Å². The standard InChI is InChI=1S/C14H20N6O5S/c1-14(2)24-10-7(4-23-26(16,21)22)3-8(11(10)25-14)20-6-19-9-12(15)17-5-18-13(9)20/h5-8,10-11H,3-4H2,1-2H3,(H2,15,17,18)(H2,16,21,22)/t7-,8-,10-,11+/m1/s1. The molecular formula is C14H20N6O5S. The zero-order valence-electron chi connectivity index (χ0n) is 14.3. The zero-order chi connectivity index (χ0) is 18.7. The summed E-state index contributed by atoms with van der Waals surface area (Å²) in [5.41, 5.74) is 6.95. The molecule has 0 bridgehead atoms. The average Bonchev–Trinajstić information content (AvgIpc) is 3.16. The summed E-state index contributed by atoms with van der Waals surface area (Å²) in [6.45, 7) is 3.54. The van der Waals surface area contributed by atoms with E-state index in [0.29, 0.717) is 23.4 Å². The van der Waals surface area contributed by atoms with Crippen LogP contribution < -0.4 is 10.9 Å². The van der Waals surface area contributed by atoms with Crippen LogP contribution in [0.15, 0.2) is 12.7 Å². The molecule has 1 aliphatic heterocycles. The number of nitrogens with zero attached hydrogens (tertiary/aromatic N) is 4. The molecule has 0 spiro atoms. The lowest BCUT2D eigenvalue weighted by atomic mass is 10.1. The number of hydrogen-bond donors (Lipinski definition) is 2. The van der Waals surface area contributed by atoms with Gasteiger partial charge >= 0.3 is 10.3 Å². The van der Waals surface area contributed by atoms with Crippen LogP contribution >= 0.6 is 0 Å². The first-order chi connectivity index (χ1) is 12.1. The average molecular weight is 384 g/mol. The van der Waals surface area contributed by atoms with Crippen molar-refractivity contribution in [1.29, 1.82) is 0 Å². The Hall–Kier alpha value is -1.86. The van der Waals surface area contributed by atoms with E-state index in [1.165, 1.54) is 6.33 Å². The Bertz CT molecular complexity index is 944. The normalized spacial score (nSPS) is 30.7. The number of aromatic nitrogens is 4. The lowest BCUT2D eigenvalue weighted by Gasteiger charge is -2.24. The minimum Gasteiger partial charge on any atom is -0.382 e. The van der Waals surface area contributed by atoms with E-state index in [9.17, 15) is 8.42 Å². The Morgan fingerprint density at radius 1 is 1.31 bits per heavy atom. The van der Waals surface area contributed by atoms with Crippen LogP contribution in [0, 0.1) is 5.92 Å². The predicted molar refractivity (Wildman–Crippen MR) is 89.8 cm³/mol. The molecule has 11 nitrogen and oxygen atoms in total. The SMILES string of the molecule is CC1(C)O[C@@H]2[C@@H](COS(N)(=O)=O)C[C@@H](n3cnc4c(N)ncnc43)[C@@H]2O1. The van der Waals surface area contributed by atoms with Gasteiger partial charge in [0.25, 0.3) is 0 Å². The number of hydrogen-bond acceptors (Lipinski definition) is 9. The van der Waals surface area contributed by atoms with Crippen LogP contribution in [0.1, 0.15) is 26.3 Å². The molecule has 0 radical (unpaired) electrons. The smallest absolute Gasteiger partial charge is 0.333 e. The Morgan fingerprint density at radius 2 is 2.04 bits per heavy atom. The fourth-order valence-electron chi connectivity index (χ4n) is 3.79. The van der Waals surface area contributed by atoms with E-state index in [1.807, 2.05) is 18.4 Å². The molecule has 26 heavy (non-hydrogen) atoms. The van der Waals surface area contributed by atoms with Crippen LogP contribution in [-0.4, -0.2) is 52.5 Å². The van der Waals surface area contributed by atoms with E-state index in [0.717, 1.165) is 0 Å². The Labute approximate surface area is 149 Å². The van der Waals surface area contributed by atoms with Crippen molar-refractivity contribution in [3.8, 4) is 0 Å². The van der Waals surface area contributed by atoms with Crippen LogP contribution in [-0.2, 0) is 24.0 Å². The molecule has 1 saturated carbocycles. The maximum absolute atomic E-state index is 11.2. The third-order valence-corrected chi connectivity index (χ3v) is 5.21. The minimum absolute atomic E-state index is 0.0836. The van der Waals surface area contributed by atoms with Crippen molar-refractivity contribution in [2.75, 3.05) is 12.3 Å². The molecule has 4 N–H and O–H groups in total. The highest BCUT2D eigenvalue weighted by atomic mass is 32.2. The minimum atomic E-state index is -4.03. The van der Waals surface area contributed by atoms with E-state index >= 15 is 0 Å². The molecule has 1 aliphatic carbocycles. The van der Waals surface area contributed by atoms with E-state index in [1.54, 1.807) is 6.33 Å². The van der Waals surface area contributed by atoms with Crippen LogP contribution in [0.2, 0.25) is 0 Å². The van der Waals surface area contributed by atoms with Gasteiger partial charge in [-0.3, -0.25) is 4.18 Å². The molecule has 4 atom stereocenters. The number of rotatable bonds is 4. The first kappa shape index (κ1) is 17.5. The third kappa shape index (κ3) is 3.03. The van der Waals surface area contributed by atoms with Gasteiger partial charge in [0, 0.05) is 5.92 Å². The lowest BCUT2D eigenvalue weighted by molar-refractivity contribution is -0.161. The molecule has 0 amide bonds. The molecule has 2 fully saturated rings. The second-order valence-corrected chi connectivity index (χ2v) is 8.21. The number of nitrogen functional groups attached to an aromatic ring is 1. The largest absolute Gasteiger partial charge is 0.382 e. The molecular weight excluding hydrogens is 364 g/mol. The van der Waals surface area contributed by atoms with Crippen LogP contribution in [0.25, 0.3) is 11.2 Å². The Balaban J connectivity index is 1.68. The van der Waals surface area contributed by atoms with Gasteiger partial charge in [0.2, 0.25) is 0 Å². The second kappa shape index (κ2) is 5.82. The van der Waals surface area contributed by atoms with E-state index in [4.69, 9.17) is 24.5 Å². The number of fused-ring (bicyclic) bond motifs is 2. The van der Waals surface area contributed by atoms with Crippen LogP contribution in [0.4, 0.5) is 5.82 Å². The summed E-state index contributed by atoms with van der Waals surface area (Å²) < 4.78 is 41.1. The second-order valence-electron chi connectivity index (χ2n) is 6.99. The van der Waals surface area contributed by atoms with Gasteiger partial charge < -0.3 is 19.8 Å². The predicted octanol–water partition coefficient (Wildman–Crippen LogP) is -0.290. The number of anilines is 1. The molecule has 0 unspecified atom stereocenters. The molecule has 0 aromatic carbocycles. The monoisotopic (exact) mass is 384 g/mol. The summed E-state index contributed by atoms with van der Waals surface area (Å²) in [6.07, 6.45) is 2.91. The van der Waals surface area contributed by atoms with E-state index in [-0.39, 0.29) is 30.8 Å². The molecule has 1 saturated heterocycles. The molecule has 2 aromatic heterocycles. The summed E-state index contributed by atoms with van der Waals surface area (Å²) >= 11 is 0. The van der Waals surface area contributed by atoms with Gasteiger partial charge in [0.05, 0.1) is 25.1 Å². The summed E-state index contributed by atoms with van der Waals surface area (Å²) in [5.74, 6) is -0.721. The van der Waals surface area contributed by atoms with Crippen molar-refractivity contribution in [2.24, 2.45) is 11.1 Å². The first-order valence-corrected chi connectivity index (χ1v) is 9.57. The van der Waals surface area contributed by atoms with Gasteiger partial charge in [-0.25, -0.2) is 20.1 Å². The summed E-state index contributed by atoms with van der Waals surface area (Å²) in [7, 11) is -4.03. The van der Waals surface area contributed by atoms with Crippen molar-refractivity contribution in [3.05, 3.63) is 12.7 Å². The summed E-state index contributed by atoms with van der Waals surface area (Å²) in [4.78, 5) is 12.5. The van der Waals surface area contributed by atoms with Crippen molar-refractivity contribution in [2.45, 2.75) is 44.3 Å². The van der Waals surface area contributed by atoms with Gasteiger partial charge in [-0.05, 0) is 20.3 Å². The highest BCUT2D eigenvalue weighted by molar-refractivity contribution is 7.84. The molecule has 2 aromatic rings. The van der Waals surface area contributed by atoms with Crippen molar-refractivity contribution in [3.63, 3.8) is 0 Å². The Morgan fingerprint density at radius 3 is 2.77 bits per heavy atom. The van der Waals surface area contributed by atoms with Crippen molar-refractivity contribution >= 4 is 27.3 Å². The summed E-state index contributed by atoms with van der Waals surface area (Å²) in [5, 5.41) is 4.96. The van der Waals surface area contributed by atoms with Gasteiger partial charge in [-0.15, -0.1) is 0 Å². The van der Waals surface area contributed by atoms with Gasteiger partial charge in [-0.2, -0.15) is 8.42 Å². The maximum Gasteiger partial charge on any atom is 0.333 e. The molecule has 3 heterocycles. The molecule has 142 valence electrons. The number of nitrogens with two attached hydrogens (primary N) is 2. The molecule has 12 heteroatoms. The topological polar surface area (TPSA) is 157 Å². The number of imidazole rings is 1. The van der Waals surface area contributed by atoms with E-state index < -0.39 is 16.1 Å². The van der Waals surface area contributed by atoms with Crippen LogP contribution in [0.3, 0.4) is 0 Å². The highest BCUT2D eigenvalue weighted by Gasteiger charge is 2.55. The highest BCUT2D eigenvalue weighted by Crippen LogP contribution is 2.47. The first-order valence-electron chi connectivity index (χ1n) is 8.10. The van der Waals surface area contributed by atoms with Gasteiger partial charge in [0.15, 0.2) is 17.3 Å². The number of ether oxygens (including phenoxy) is 2. The van der Waals surface area contributed by atoms with Crippen molar-refractivity contribution < 1.29 is 22.1 Å². The van der Waals surface area contributed by atoms with Gasteiger partial charge in [-0.1, -0.05) is 0 Å². The fraction of sp³-hybridized carbons (Fsp3) is 0.643. The van der Waals surface area contributed by atoms with Crippen molar-refractivity contribution in [1.82, 2.24) is 19.5 Å². The zero-order valence-corrected chi connectivity index (χ0v) is 15.1. The summed E-state index contributed by atoms with van der Waals surface area (Å²) in [6, 6.07) is -0.171. The Kier molecular flexibility index (Phi) is 3.93. The maximum atomic E-state index is 11.2. The lowest BCUT2D eigenvalue weighted by Crippen LogP contribution is -2.30. The molecule has 2 aliphatic rings. The van der Waals surface area contributed by atoms with E-state index in [2.05, 4.69) is 15.0 Å².